The first-order valence-corrected chi connectivity index (χ1v) is 25.5. The van der Waals surface area contributed by atoms with Gasteiger partial charge in [-0.2, -0.15) is 0 Å². The Kier molecular flexibility index (Phi) is 20.6. The number of alkyl halides is 2. The number of aromatic nitrogens is 2. The number of rotatable bonds is 32. The number of esters is 1. The highest BCUT2D eigenvalue weighted by molar-refractivity contribution is 5.90. The van der Waals surface area contributed by atoms with Crippen molar-refractivity contribution in [3.63, 3.8) is 0 Å². The van der Waals surface area contributed by atoms with E-state index in [1.165, 1.54) is 49.7 Å². The quantitative estimate of drug-likeness (QED) is 0.0237. The zero-order valence-electron chi connectivity index (χ0n) is 42.6. The molecule has 0 aliphatic rings. The Labute approximate surface area is 415 Å². The standard InChI is InChI=1S/C59H76F2N2O7/c1-8-11-13-19-43-23-29-50(56(37-43)65-6)54-39-45-25-27-48(41-52(45)62(54)4)68-33-15-21-47(67-35-17-31-59(60,61)32-18-36-70-58(64)10-3)22-16-34-69-49-28-26-46-40-55(63(5)53(46)42-49)51-30-24-44(20-14-12-9-2)38-57(51)66-7/h10,23-30,37-42,47H,3,8-9,11-22,31-36H2,1-2,4-7H3. The Morgan fingerprint density at radius 1 is 0.614 bits per heavy atom. The summed E-state index contributed by atoms with van der Waals surface area (Å²) in [7, 11) is 7.61. The van der Waals surface area contributed by atoms with Gasteiger partial charge in [0.2, 0.25) is 5.92 Å². The summed E-state index contributed by atoms with van der Waals surface area (Å²) in [5.41, 5.74) is 8.95. The molecule has 378 valence electrons. The number of hydrogen-bond acceptors (Lipinski definition) is 7. The van der Waals surface area contributed by atoms with Gasteiger partial charge in [-0.05, 0) is 136 Å². The summed E-state index contributed by atoms with van der Waals surface area (Å²) in [5.74, 6) is -0.182. The van der Waals surface area contributed by atoms with Crippen molar-refractivity contribution in [1.82, 2.24) is 9.13 Å². The molecular weight excluding hydrogens is 887 g/mol. The van der Waals surface area contributed by atoms with Crippen LogP contribution in [0.3, 0.4) is 0 Å². The van der Waals surface area contributed by atoms with Crippen molar-refractivity contribution < 1.29 is 42.0 Å². The molecule has 0 N–H and O–H groups in total. The van der Waals surface area contributed by atoms with Crippen LogP contribution in [0.1, 0.15) is 115 Å². The second-order valence-corrected chi connectivity index (χ2v) is 18.5. The molecule has 0 unspecified atom stereocenters. The fourth-order valence-corrected chi connectivity index (χ4v) is 9.26. The molecule has 70 heavy (non-hydrogen) atoms. The molecule has 0 bridgehead atoms. The van der Waals surface area contributed by atoms with Crippen LogP contribution in [0.25, 0.3) is 44.3 Å². The second-order valence-electron chi connectivity index (χ2n) is 18.5. The molecular formula is C59H76F2N2O7. The van der Waals surface area contributed by atoms with E-state index in [9.17, 15) is 13.6 Å². The topological polar surface area (TPSA) is 82.3 Å². The normalized spacial score (nSPS) is 11.7. The second kappa shape index (κ2) is 27.0. The van der Waals surface area contributed by atoms with Crippen molar-refractivity contribution >= 4 is 27.8 Å². The molecule has 0 fully saturated rings. The molecule has 0 atom stereocenters. The zero-order valence-corrected chi connectivity index (χ0v) is 42.6. The number of carbonyl (C=O) groups excluding carboxylic acids is 1. The molecule has 0 aliphatic heterocycles. The Morgan fingerprint density at radius 2 is 1.10 bits per heavy atom. The SMILES string of the molecule is C=CC(=O)OCCCC(F)(F)CCCOC(CCCOc1ccc2cc(-c3ccc(CCCCC)cc3OC)n(C)c2c1)CCCOc1ccc2cc(-c3ccc(CCCCC)cc3OC)n(C)c2c1. The predicted molar refractivity (Wildman–Crippen MR) is 280 cm³/mol. The van der Waals surface area contributed by atoms with Gasteiger partial charge in [0.15, 0.2) is 0 Å². The van der Waals surface area contributed by atoms with Gasteiger partial charge in [-0.3, -0.25) is 0 Å². The van der Waals surface area contributed by atoms with Crippen LogP contribution in [-0.2, 0) is 41.2 Å². The average molecular weight is 963 g/mol. The largest absolute Gasteiger partial charge is 0.496 e. The van der Waals surface area contributed by atoms with Crippen LogP contribution in [0.4, 0.5) is 8.78 Å². The van der Waals surface area contributed by atoms with Gasteiger partial charge >= 0.3 is 5.97 Å². The van der Waals surface area contributed by atoms with Crippen molar-refractivity contribution in [3.05, 3.63) is 109 Å². The van der Waals surface area contributed by atoms with Crippen LogP contribution in [0.2, 0.25) is 0 Å². The van der Waals surface area contributed by atoms with Crippen LogP contribution >= 0.6 is 0 Å². The van der Waals surface area contributed by atoms with E-state index in [0.717, 1.165) is 99.1 Å². The number of nitrogens with zero attached hydrogens (tertiary/aromatic N) is 2. The number of ether oxygens (including phenoxy) is 6. The lowest BCUT2D eigenvalue weighted by atomic mass is 10.0. The average Bonchev–Trinajstić information content (AvgIpc) is 3.88. The monoisotopic (exact) mass is 963 g/mol. The molecule has 11 heteroatoms. The van der Waals surface area contributed by atoms with E-state index in [1.807, 2.05) is 12.1 Å². The number of aryl methyl sites for hydroxylation is 4. The summed E-state index contributed by atoms with van der Waals surface area (Å²) < 4.78 is 69.4. The van der Waals surface area contributed by atoms with Gasteiger partial charge in [-0.25, -0.2) is 13.6 Å². The minimum Gasteiger partial charge on any atom is -0.496 e. The molecule has 0 amide bonds. The highest BCUT2D eigenvalue weighted by Gasteiger charge is 2.28. The lowest BCUT2D eigenvalue weighted by molar-refractivity contribution is -0.138. The molecule has 0 spiro atoms. The van der Waals surface area contributed by atoms with E-state index in [1.54, 1.807) is 14.2 Å². The summed E-state index contributed by atoms with van der Waals surface area (Å²) in [6, 6.07) is 29.8. The van der Waals surface area contributed by atoms with Gasteiger partial charge in [0.1, 0.15) is 23.0 Å². The van der Waals surface area contributed by atoms with E-state index in [2.05, 4.69) is 116 Å². The molecule has 6 aromatic rings. The van der Waals surface area contributed by atoms with Crippen LogP contribution in [0.15, 0.2) is 97.6 Å². The third-order valence-electron chi connectivity index (χ3n) is 13.3. The molecule has 0 radical (unpaired) electrons. The molecule has 2 heterocycles. The highest BCUT2D eigenvalue weighted by atomic mass is 19.3. The maximum atomic E-state index is 14.7. The van der Waals surface area contributed by atoms with E-state index >= 15 is 0 Å². The summed E-state index contributed by atoms with van der Waals surface area (Å²) in [5, 5.41) is 2.23. The number of methoxy groups -OCH3 is 2. The van der Waals surface area contributed by atoms with E-state index < -0.39 is 11.9 Å². The maximum absolute atomic E-state index is 14.7. The Bertz CT molecular complexity index is 2440. The van der Waals surface area contributed by atoms with Crippen molar-refractivity contribution in [2.45, 2.75) is 129 Å². The molecule has 4 aromatic carbocycles. The van der Waals surface area contributed by atoms with Gasteiger partial charge < -0.3 is 37.6 Å². The van der Waals surface area contributed by atoms with Gasteiger partial charge in [0, 0.05) is 73.7 Å². The number of carbonyl (C=O) groups is 1. The molecule has 0 saturated heterocycles. The summed E-state index contributed by atoms with van der Waals surface area (Å²) in [4.78, 5) is 11.3. The zero-order chi connectivity index (χ0) is 49.9. The predicted octanol–water partition coefficient (Wildman–Crippen LogP) is 14.8. The smallest absolute Gasteiger partial charge is 0.330 e. The fraction of sp³-hybridized carbons (Fsp3) is 0.475. The number of fused-ring (bicyclic) bond motifs is 2. The molecule has 2 aromatic heterocycles. The van der Waals surface area contributed by atoms with E-state index in [0.29, 0.717) is 26.1 Å². The Hall–Kier alpha value is -5.81. The first kappa shape index (κ1) is 53.5. The lowest BCUT2D eigenvalue weighted by Crippen LogP contribution is -2.20. The van der Waals surface area contributed by atoms with Crippen molar-refractivity contribution in [2.24, 2.45) is 14.1 Å². The molecule has 0 aliphatic carbocycles. The van der Waals surface area contributed by atoms with Crippen molar-refractivity contribution in [3.8, 4) is 45.5 Å². The summed E-state index contributed by atoms with van der Waals surface area (Å²) >= 11 is 0. The van der Waals surface area contributed by atoms with Crippen LogP contribution in [-0.4, -0.2) is 67.8 Å². The maximum Gasteiger partial charge on any atom is 0.330 e. The Morgan fingerprint density at radius 3 is 1.56 bits per heavy atom. The first-order valence-electron chi connectivity index (χ1n) is 25.5. The number of halogens is 2. The molecule has 6 rings (SSSR count). The highest BCUT2D eigenvalue weighted by Crippen LogP contribution is 2.38. The van der Waals surface area contributed by atoms with Crippen LogP contribution < -0.4 is 18.9 Å². The third-order valence-corrected chi connectivity index (χ3v) is 13.3. The molecule has 9 nitrogen and oxygen atoms in total. The van der Waals surface area contributed by atoms with Gasteiger partial charge in [-0.1, -0.05) is 58.2 Å². The van der Waals surface area contributed by atoms with E-state index in [-0.39, 0.29) is 45.0 Å². The minimum absolute atomic E-state index is 0.0604. The first-order chi connectivity index (χ1) is 34.0. The minimum atomic E-state index is -2.88. The summed E-state index contributed by atoms with van der Waals surface area (Å²) in [6.07, 6.45) is 12.6. The van der Waals surface area contributed by atoms with Crippen LogP contribution in [0.5, 0.6) is 23.0 Å². The van der Waals surface area contributed by atoms with Crippen molar-refractivity contribution in [1.29, 1.82) is 0 Å². The number of hydrogen-bond donors (Lipinski definition) is 0. The summed E-state index contributed by atoms with van der Waals surface area (Å²) in [6.45, 7) is 8.90. The van der Waals surface area contributed by atoms with Gasteiger partial charge in [0.25, 0.3) is 0 Å². The van der Waals surface area contributed by atoms with Crippen molar-refractivity contribution in [2.75, 3.05) is 40.6 Å². The number of unbranched alkanes of at least 4 members (excludes halogenated alkanes) is 4. The lowest BCUT2D eigenvalue weighted by Gasteiger charge is -2.20. The fourth-order valence-electron chi connectivity index (χ4n) is 9.26. The van der Waals surface area contributed by atoms with E-state index in [4.69, 9.17) is 28.4 Å². The third kappa shape index (κ3) is 15.1. The Balaban J connectivity index is 1.05. The van der Waals surface area contributed by atoms with Gasteiger partial charge in [0.05, 0.1) is 62.6 Å². The van der Waals surface area contributed by atoms with Gasteiger partial charge in [-0.15, -0.1) is 0 Å². The molecule has 0 saturated carbocycles. The van der Waals surface area contributed by atoms with Crippen LogP contribution in [0, 0.1) is 0 Å². The number of benzene rings is 4.